The summed E-state index contributed by atoms with van der Waals surface area (Å²) in [5.41, 5.74) is 0.545. The standard InChI is InChI=1S/C14H21BrFNO2/c1-4-17-13(14(18-5-2)19-6-3)10-8-7-9-11(15)12(10)16/h7-9,13-14,17H,4-6H2,1-3H3. The van der Waals surface area contributed by atoms with Crippen molar-refractivity contribution in [2.24, 2.45) is 0 Å². The van der Waals surface area contributed by atoms with E-state index < -0.39 is 6.29 Å². The van der Waals surface area contributed by atoms with Crippen molar-refractivity contribution in [2.45, 2.75) is 33.1 Å². The van der Waals surface area contributed by atoms with Crippen LogP contribution in [0.4, 0.5) is 4.39 Å². The summed E-state index contributed by atoms with van der Waals surface area (Å²) in [7, 11) is 0. The number of hydrogen-bond donors (Lipinski definition) is 1. The van der Waals surface area contributed by atoms with Gasteiger partial charge >= 0.3 is 0 Å². The molecular weight excluding hydrogens is 313 g/mol. The number of hydrogen-bond acceptors (Lipinski definition) is 3. The largest absolute Gasteiger partial charge is 0.351 e. The van der Waals surface area contributed by atoms with Crippen LogP contribution in [0.25, 0.3) is 0 Å². The summed E-state index contributed by atoms with van der Waals surface area (Å²) >= 11 is 3.21. The lowest BCUT2D eigenvalue weighted by atomic mass is 10.1. The smallest absolute Gasteiger partial charge is 0.176 e. The number of likely N-dealkylation sites (N-methyl/N-ethyl adjacent to an activating group) is 1. The highest BCUT2D eigenvalue weighted by atomic mass is 79.9. The number of ether oxygens (including phenoxy) is 2. The van der Waals surface area contributed by atoms with Gasteiger partial charge in [0.1, 0.15) is 5.82 Å². The highest BCUT2D eigenvalue weighted by Gasteiger charge is 2.26. The molecule has 0 saturated heterocycles. The van der Waals surface area contributed by atoms with E-state index in [1.54, 1.807) is 12.1 Å². The molecule has 0 amide bonds. The van der Waals surface area contributed by atoms with Crippen molar-refractivity contribution < 1.29 is 13.9 Å². The molecular formula is C14H21BrFNO2. The lowest BCUT2D eigenvalue weighted by molar-refractivity contribution is -0.155. The van der Waals surface area contributed by atoms with Crippen molar-refractivity contribution in [3.05, 3.63) is 34.1 Å². The van der Waals surface area contributed by atoms with Gasteiger partial charge in [0, 0.05) is 18.8 Å². The Kier molecular flexibility index (Phi) is 7.53. The molecule has 0 aliphatic heterocycles. The van der Waals surface area contributed by atoms with E-state index in [-0.39, 0.29) is 11.9 Å². The summed E-state index contributed by atoms with van der Waals surface area (Å²) in [6.45, 7) is 7.49. The van der Waals surface area contributed by atoms with Crippen LogP contribution in [-0.2, 0) is 9.47 Å². The molecule has 0 radical (unpaired) electrons. The maximum absolute atomic E-state index is 14.2. The predicted molar refractivity (Wildman–Crippen MR) is 77.6 cm³/mol. The van der Waals surface area contributed by atoms with Gasteiger partial charge in [0.05, 0.1) is 10.5 Å². The normalized spacial score (nSPS) is 12.9. The van der Waals surface area contributed by atoms with Crippen molar-refractivity contribution in [3.8, 4) is 0 Å². The molecule has 108 valence electrons. The molecule has 1 aromatic rings. The van der Waals surface area contributed by atoms with Crippen LogP contribution in [0, 0.1) is 5.82 Å². The minimum Gasteiger partial charge on any atom is -0.351 e. The first-order valence-corrected chi connectivity index (χ1v) is 7.35. The van der Waals surface area contributed by atoms with Crippen LogP contribution in [0.2, 0.25) is 0 Å². The van der Waals surface area contributed by atoms with Crippen LogP contribution in [0.1, 0.15) is 32.4 Å². The van der Waals surface area contributed by atoms with Gasteiger partial charge in [-0.1, -0.05) is 19.1 Å². The zero-order valence-electron chi connectivity index (χ0n) is 11.6. The fourth-order valence-electron chi connectivity index (χ4n) is 1.90. The lowest BCUT2D eigenvalue weighted by Gasteiger charge is -2.28. The molecule has 0 aliphatic carbocycles. The zero-order chi connectivity index (χ0) is 14.3. The Morgan fingerprint density at radius 1 is 1.21 bits per heavy atom. The summed E-state index contributed by atoms with van der Waals surface area (Å²) in [4.78, 5) is 0. The third-order valence-electron chi connectivity index (χ3n) is 2.67. The molecule has 1 atom stereocenters. The first-order chi connectivity index (χ1) is 9.15. The third-order valence-corrected chi connectivity index (χ3v) is 3.29. The van der Waals surface area contributed by atoms with Crippen LogP contribution in [0.15, 0.2) is 22.7 Å². The number of nitrogens with one attached hydrogen (secondary N) is 1. The molecule has 0 heterocycles. The summed E-state index contributed by atoms with van der Waals surface area (Å²) in [5.74, 6) is -0.280. The molecule has 3 nitrogen and oxygen atoms in total. The molecule has 1 rings (SSSR count). The van der Waals surface area contributed by atoms with Crippen molar-refractivity contribution in [2.75, 3.05) is 19.8 Å². The van der Waals surface area contributed by atoms with Crippen LogP contribution in [0.5, 0.6) is 0 Å². The molecule has 0 saturated carbocycles. The van der Waals surface area contributed by atoms with Crippen molar-refractivity contribution in [1.82, 2.24) is 5.32 Å². The summed E-state index contributed by atoms with van der Waals surface area (Å²) in [5, 5.41) is 3.23. The van der Waals surface area contributed by atoms with Gasteiger partial charge in [-0.05, 0) is 42.4 Å². The molecule has 19 heavy (non-hydrogen) atoms. The minimum atomic E-state index is -0.501. The Labute approximate surface area is 122 Å². The molecule has 1 N–H and O–H groups in total. The Bertz CT molecular complexity index is 384. The molecule has 1 unspecified atom stereocenters. The van der Waals surface area contributed by atoms with E-state index in [0.29, 0.717) is 29.8 Å². The third kappa shape index (κ3) is 4.53. The molecule has 0 aromatic heterocycles. The Morgan fingerprint density at radius 3 is 2.37 bits per heavy atom. The molecule has 5 heteroatoms. The quantitative estimate of drug-likeness (QED) is 0.737. The SMILES string of the molecule is CCNC(c1cccc(Br)c1F)C(OCC)OCC. The number of benzene rings is 1. The van der Waals surface area contributed by atoms with E-state index >= 15 is 0 Å². The van der Waals surface area contributed by atoms with Crippen molar-refractivity contribution >= 4 is 15.9 Å². The van der Waals surface area contributed by atoms with E-state index in [2.05, 4.69) is 21.2 Å². The second-order valence-electron chi connectivity index (χ2n) is 3.96. The average molecular weight is 334 g/mol. The second-order valence-corrected chi connectivity index (χ2v) is 4.81. The highest BCUT2D eigenvalue weighted by Crippen LogP contribution is 2.27. The zero-order valence-corrected chi connectivity index (χ0v) is 13.2. The number of halogens is 2. The first-order valence-electron chi connectivity index (χ1n) is 6.56. The van der Waals surface area contributed by atoms with Crippen LogP contribution in [0.3, 0.4) is 0 Å². The van der Waals surface area contributed by atoms with Gasteiger partial charge in [-0.15, -0.1) is 0 Å². The maximum atomic E-state index is 14.2. The Morgan fingerprint density at radius 2 is 1.84 bits per heavy atom. The van der Waals surface area contributed by atoms with Crippen LogP contribution >= 0.6 is 15.9 Å². The molecule has 0 fully saturated rings. The topological polar surface area (TPSA) is 30.5 Å². The van der Waals surface area contributed by atoms with E-state index in [1.165, 1.54) is 0 Å². The molecule has 0 bridgehead atoms. The van der Waals surface area contributed by atoms with Gasteiger partial charge in [0.2, 0.25) is 0 Å². The van der Waals surface area contributed by atoms with Crippen molar-refractivity contribution in [1.29, 1.82) is 0 Å². The Balaban J connectivity index is 3.06. The Hall–Kier alpha value is -0.490. The summed E-state index contributed by atoms with van der Waals surface area (Å²) < 4.78 is 25.8. The second kappa shape index (κ2) is 8.64. The molecule has 0 aliphatic rings. The maximum Gasteiger partial charge on any atom is 0.176 e. The fraction of sp³-hybridized carbons (Fsp3) is 0.571. The monoisotopic (exact) mass is 333 g/mol. The van der Waals surface area contributed by atoms with E-state index in [4.69, 9.17) is 9.47 Å². The lowest BCUT2D eigenvalue weighted by Crippen LogP contribution is -2.36. The van der Waals surface area contributed by atoms with Gasteiger partial charge in [-0.25, -0.2) is 4.39 Å². The van der Waals surface area contributed by atoms with E-state index in [1.807, 2.05) is 26.8 Å². The van der Waals surface area contributed by atoms with Gasteiger partial charge < -0.3 is 14.8 Å². The van der Waals surface area contributed by atoms with Gasteiger partial charge in [0.15, 0.2) is 6.29 Å². The molecule has 1 aromatic carbocycles. The number of rotatable bonds is 8. The highest BCUT2D eigenvalue weighted by molar-refractivity contribution is 9.10. The predicted octanol–water partition coefficient (Wildman–Crippen LogP) is 3.64. The average Bonchev–Trinajstić information content (AvgIpc) is 2.40. The first kappa shape index (κ1) is 16.6. The fourth-order valence-corrected chi connectivity index (χ4v) is 2.28. The van der Waals surface area contributed by atoms with Gasteiger partial charge in [0.25, 0.3) is 0 Å². The van der Waals surface area contributed by atoms with Crippen LogP contribution < -0.4 is 5.32 Å². The van der Waals surface area contributed by atoms with Gasteiger partial charge in [-0.3, -0.25) is 0 Å². The summed E-state index contributed by atoms with van der Waals surface area (Å²) in [6, 6.07) is 4.90. The van der Waals surface area contributed by atoms with Crippen molar-refractivity contribution in [3.63, 3.8) is 0 Å². The minimum absolute atomic E-state index is 0.280. The van der Waals surface area contributed by atoms with E-state index in [9.17, 15) is 4.39 Å². The molecule has 0 spiro atoms. The summed E-state index contributed by atoms with van der Waals surface area (Å²) in [6.07, 6.45) is -0.501. The van der Waals surface area contributed by atoms with Gasteiger partial charge in [-0.2, -0.15) is 0 Å². The van der Waals surface area contributed by atoms with E-state index in [0.717, 1.165) is 0 Å². The van der Waals surface area contributed by atoms with Crippen LogP contribution in [-0.4, -0.2) is 26.0 Å².